The van der Waals surface area contributed by atoms with Crippen LogP contribution in [0.3, 0.4) is 0 Å². The molecule has 4 N–H and O–H groups in total. The molecule has 0 fully saturated rings. The highest BCUT2D eigenvalue weighted by Crippen LogP contribution is 2.26. The summed E-state index contributed by atoms with van der Waals surface area (Å²) in [6, 6.07) is 0. The van der Waals surface area contributed by atoms with E-state index in [0.717, 1.165) is 3.57 Å². The van der Waals surface area contributed by atoms with E-state index < -0.39 is 6.10 Å². The van der Waals surface area contributed by atoms with Gasteiger partial charge < -0.3 is 19.5 Å². The fourth-order valence-electron chi connectivity index (χ4n) is 1.61. The van der Waals surface area contributed by atoms with Crippen LogP contribution < -0.4 is 5.48 Å². The second kappa shape index (κ2) is 6.43. The fraction of sp³-hybridized carbons (Fsp3) is 0.400. The van der Waals surface area contributed by atoms with E-state index in [4.69, 9.17) is 20.2 Å². The highest BCUT2D eigenvalue weighted by Gasteiger charge is 2.14. The molecule has 19 heavy (non-hydrogen) atoms. The maximum absolute atomic E-state index is 9.01. The minimum absolute atomic E-state index is 0.132. The third kappa shape index (κ3) is 2.95. The Bertz CT molecular complexity index is 558. The molecule has 0 saturated heterocycles. The zero-order valence-electron chi connectivity index (χ0n) is 9.82. The summed E-state index contributed by atoms with van der Waals surface area (Å²) in [6.07, 6.45) is 2.47. The standard InChI is InChI=1S/C10H13IN4O4/c11-7-1-15(5-19-6(2-16)3-17)10-8(7)9(14-18)12-4-13-10/h1,4,6,16-18H,2-3,5H2,(H,12,13,14). The number of anilines is 1. The summed E-state index contributed by atoms with van der Waals surface area (Å²) in [6.45, 7) is -0.385. The van der Waals surface area contributed by atoms with Crippen LogP contribution >= 0.6 is 22.6 Å². The van der Waals surface area contributed by atoms with Crippen LogP contribution in [0.5, 0.6) is 0 Å². The van der Waals surface area contributed by atoms with Gasteiger partial charge in [0.05, 0.1) is 18.6 Å². The number of halogens is 1. The van der Waals surface area contributed by atoms with E-state index in [9.17, 15) is 0 Å². The molecule has 0 saturated carbocycles. The Kier molecular flexibility index (Phi) is 4.87. The van der Waals surface area contributed by atoms with Crippen molar-refractivity contribution in [3.63, 3.8) is 0 Å². The van der Waals surface area contributed by atoms with Gasteiger partial charge in [0.25, 0.3) is 0 Å². The third-order valence-corrected chi connectivity index (χ3v) is 3.39. The molecular formula is C10H13IN4O4. The van der Waals surface area contributed by atoms with Gasteiger partial charge >= 0.3 is 0 Å². The Balaban J connectivity index is 2.29. The Labute approximate surface area is 122 Å². The third-order valence-electron chi connectivity index (χ3n) is 2.57. The lowest BCUT2D eigenvalue weighted by Gasteiger charge is -2.13. The zero-order valence-corrected chi connectivity index (χ0v) is 12.0. The molecule has 2 aromatic rings. The van der Waals surface area contributed by atoms with Gasteiger partial charge in [-0.1, -0.05) is 0 Å². The normalized spacial score (nSPS) is 11.4. The van der Waals surface area contributed by atoms with Gasteiger partial charge in [0.2, 0.25) is 0 Å². The molecule has 0 spiro atoms. The van der Waals surface area contributed by atoms with E-state index in [2.05, 4.69) is 32.6 Å². The number of nitrogens with one attached hydrogen (secondary N) is 1. The number of hydrogen-bond acceptors (Lipinski definition) is 7. The molecule has 0 amide bonds. The number of ether oxygens (including phenoxy) is 1. The number of nitrogens with zero attached hydrogens (tertiary/aromatic N) is 3. The topological polar surface area (TPSA) is 113 Å². The van der Waals surface area contributed by atoms with Crippen molar-refractivity contribution < 1.29 is 20.2 Å². The number of rotatable bonds is 6. The molecule has 0 aliphatic rings. The lowest BCUT2D eigenvalue weighted by atomic mass is 10.4. The SMILES string of the molecule is OCC(CO)OCn1cc(I)c2c(NO)ncnc21. The van der Waals surface area contributed by atoms with E-state index >= 15 is 0 Å². The Morgan fingerprint density at radius 3 is 2.74 bits per heavy atom. The molecule has 0 aliphatic carbocycles. The van der Waals surface area contributed by atoms with Gasteiger partial charge in [0, 0.05) is 9.77 Å². The fourth-order valence-corrected chi connectivity index (χ4v) is 2.44. The molecule has 0 bridgehead atoms. The van der Waals surface area contributed by atoms with Gasteiger partial charge in [-0.3, -0.25) is 10.7 Å². The minimum atomic E-state index is -0.632. The van der Waals surface area contributed by atoms with Gasteiger partial charge in [0.1, 0.15) is 24.8 Å². The largest absolute Gasteiger partial charge is 0.394 e. The first-order chi connectivity index (χ1) is 9.21. The highest BCUT2D eigenvalue weighted by atomic mass is 127. The minimum Gasteiger partial charge on any atom is -0.394 e. The molecule has 0 radical (unpaired) electrons. The van der Waals surface area contributed by atoms with Gasteiger partial charge in [-0.15, -0.1) is 0 Å². The van der Waals surface area contributed by atoms with Crippen LogP contribution in [0.2, 0.25) is 0 Å². The van der Waals surface area contributed by atoms with Crippen molar-refractivity contribution in [3.8, 4) is 0 Å². The summed E-state index contributed by atoms with van der Waals surface area (Å²) in [5.41, 5.74) is 2.61. The van der Waals surface area contributed by atoms with Gasteiger partial charge in [-0.2, -0.15) is 0 Å². The maximum Gasteiger partial charge on any atom is 0.163 e. The monoisotopic (exact) mass is 380 g/mol. The van der Waals surface area contributed by atoms with Crippen LogP contribution in [0.1, 0.15) is 0 Å². The second-order valence-electron chi connectivity index (χ2n) is 3.76. The lowest BCUT2D eigenvalue weighted by Crippen LogP contribution is -2.23. The number of aromatic nitrogens is 3. The van der Waals surface area contributed by atoms with Crippen LogP contribution in [0.4, 0.5) is 5.82 Å². The van der Waals surface area contributed by atoms with E-state index in [1.807, 2.05) is 5.48 Å². The molecule has 9 heteroatoms. The van der Waals surface area contributed by atoms with Crippen LogP contribution in [-0.4, -0.2) is 49.3 Å². The van der Waals surface area contributed by atoms with E-state index in [-0.39, 0.29) is 19.9 Å². The van der Waals surface area contributed by atoms with Gasteiger partial charge in [-0.25, -0.2) is 9.97 Å². The van der Waals surface area contributed by atoms with Crippen LogP contribution in [-0.2, 0) is 11.5 Å². The maximum atomic E-state index is 9.01. The van der Waals surface area contributed by atoms with Crippen molar-refractivity contribution in [2.75, 3.05) is 18.7 Å². The molecule has 0 aliphatic heterocycles. The molecule has 0 unspecified atom stereocenters. The second-order valence-corrected chi connectivity index (χ2v) is 4.92. The summed E-state index contributed by atoms with van der Waals surface area (Å²) in [5.74, 6) is 0.314. The zero-order chi connectivity index (χ0) is 13.8. The first-order valence-corrected chi connectivity index (χ1v) is 6.51. The molecule has 0 aromatic carbocycles. The summed E-state index contributed by atoms with van der Waals surface area (Å²) in [5, 5.41) is 27.6. The van der Waals surface area contributed by atoms with E-state index in [1.54, 1.807) is 10.8 Å². The summed E-state index contributed by atoms with van der Waals surface area (Å²) in [7, 11) is 0. The van der Waals surface area contributed by atoms with Crippen LogP contribution in [0, 0.1) is 3.57 Å². The number of fused-ring (bicyclic) bond motifs is 1. The number of aliphatic hydroxyl groups is 2. The van der Waals surface area contributed by atoms with Crippen LogP contribution in [0.25, 0.3) is 11.0 Å². The highest BCUT2D eigenvalue weighted by molar-refractivity contribution is 14.1. The van der Waals surface area contributed by atoms with E-state index in [0.29, 0.717) is 16.9 Å². The molecule has 2 aromatic heterocycles. The Morgan fingerprint density at radius 1 is 1.37 bits per heavy atom. The van der Waals surface area contributed by atoms with Crippen molar-refractivity contribution in [2.24, 2.45) is 0 Å². The molecule has 8 nitrogen and oxygen atoms in total. The van der Waals surface area contributed by atoms with Gasteiger partial charge in [-0.05, 0) is 22.6 Å². The average molecular weight is 380 g/mol. The first-order valence-electron chi connectivity index (χ1n) is 5.44. The van der Waals surface area contributed by atoms with Crippen molar-refractivity contribution >= 4 is 39.4 Å². The molecular weight excluding hydrogens is 367 g/mol. The molecule has 104 valence electrons. The molecule has 0 atom stereocenters. The predicted octanol–water partition coefficient (Wildman–Crippen LogP) is 0.164. The van der Waals surface area contributed by atoms with Crippen LogP contribution in [0.15, 0.2) is 12.5 Å². The van der Waals surface area contributed by atoms with Gasteiger partial charge in [0.15, 0.2) is 5.82 Å². The molecule has 2 rings (SSSR count). The molecule has 2 heterocycles. The quantitative estimate of drug-likeness (QED) is 0.417. The van der Waals surface area contributed by atoms with Crippen molar-refractivity contribution in [1.82, 2.24) is 14.5 Å². The van der Waals surface area contributed by atoms with E-state index in [1.165, 1.54) is 6.33 Å². The smallest absolute Gasteiger partial charge is 0.163 e. The Morgan fingerprint density at radius 2 is 2.11 bits per heavy atom. The lowest BCUT2D eigenvalue weighted by molar-refractivity contribution is -0.0487. The average Bonchev–Trinajstić information content (AvgIpc) is 2.77. The van der Waals surface area contributed by atoms with Crippen molar-refractivity contribution in [3.05, 3.63) is 16.1 Å². The summed E-state index contributed by atoms with van der Waals surface area (Å²) >= 11 is 2.10. The summed E-state index contributed by atoms with van der Waals surface area (Å²) in [4.78, 5) is 8.05. The first kappa shape index (κ1) is 14.4. The van der Waals surface area contributed by atoms with Crippen molar-refractivity contribution in [1.29, 1.82) is 0 Å². The number of aliphatic hydroxyl groups excluding tert-OH is 2. The Hall–Kier alpha value is -1.01. The van der Waals surface area contributed by atoms with Crippen molar-refractivity contribution in [2.45, 2.75) is 12.8 Å². The summed E-state index contributed by atoms with van der Waals surface area (Å²) < 4.78 is 7.89. The predicted molar refractivity (Wildman–Crippen MR) is 74.7 cm³/mol. The number of hydrogen-bond donors (Lipinski definition) is 4.